The first-order valence-electron chi connectivity index (χ1n) is 5.65. The van der Waals surface area contributed by atoms with Gasteiger partial charge in [0.25, 0.3) is 0 Å². The van der Waals surface area contributed by atoms with Gasteiger partial charge in [-0.15, -0.1) is 0 Å². The lowest BCUT2D eigenvalue weighted by Gasteiger charge is -2.31. The van der Waals surface area contributed by atoms with Crippen LogP contribution in [-0.4, -0.2) is 18.3 Å². The normalized spacial score (nSPS) is 15.5. The van der Waals surface area contributed by atoms with Crippen molar-refractivity contribution in [1.29, 1.82) is 0 Å². The van der Waals surface area contributed by atoms with E-state index >= 15 is 0 Å². The van der Waals surface area contributed by atoms with Crippen LogP contribution in [0.25, 0.3) is 0 Å². The Kier molecular flexibility index (Phi) is 4.90. The minimum Gasteiger partial charge on any atom is -0.373 e. The smallest absolute Gasteiger partial charge is 0.366 e. The first-order valence-corrected chi connectivity index (χ1v) is 7.19. The van der Waals surface area contributed by atoms with Gasteiger partial charge in [-0.3, -0.25) is 4.57 Å². The third-order valence-corrected chi connectivity index (χ3v) is 4.97. The number of aliphatic hydroxyl groups is 1. The molecule has 1 atom stereocenters. The fourth-order valence-corrected chi connectivity index (χ4v) is 3.26. The third-order valence-electron chi connectivity index (χ3n) is 2.45. The highest BCUT2D eigenvalue weighted by Gasteiger charge is 2.47. The molecule has 5 heteroatoms. The SMILES string of the molecule is CCOP(=O)(OCC)[C@@](C)(O)c1ccccc1. The average Bonchev–Trinajstić information content (AvgIpc) is 2.30. The fraction of sp³-hybridized carbons (Fsp3) is 0.500. The highest BCUT2D eigenvalue weighted by molar-refractivity contribution is 7.54. The molecule has 0 amide bonds. The van der Waals surface area contributed by atoms with Crippen LogP contribution in [0.1, 0.15) is 26.3 Å². The maximum absolute atomic E-state index is 12.5. The summed E-state index contributed by atoms with van der Waals surface area (Å²) in [4.78, 5) is 0. The van der Waals surface area contributed by atoms with Crippen LogP contribution in [0.4, 0.5) is 0 Å². The molecule has 0 aliphatic carbocycles. The van der Waals surface area contributed by atoms with Crippen molar-refractivity contribution in [3.8, 4) is 0 Å². The van der Waals surface area contributed by atoms with E-state index in [1.807, 2.05) is 6.07 Å². The second kappa shape index (κ2) is 5.78. The summed E-state index contributed by atoms with van der Waals surface area (Å²) in [7, 11) is -3.59. The van der Waals surface area contributed by atoms with Gasteiger partial charge in [0.15, 0.2) is 5.34 Å². The summed E-state index contributed by atoms with van der Waals surface area (Å²) in [6, 6.07) is 8.76. The van der Waals surface area contributed by atoms with Crippen molar-refractivity contribution >= 4 is 7.60 Å². The Morgan fingerprint density at radius 1 is 1.18 bits per heavy atom. The number of hydrogen-bond acceptors (Lipinski definition) is 4. The molecule has 0 saturated carbocycles. The maximum atomic E-state index is 12.5. The van der Waals surface area contributed by atoms with Gasteiger partial charge in [0, 0.05) is 0 Å². The zero-order valence-electron chi connectivity index (χ0n) is 10.4. The van der Waals surface area contributed by atoms with Crippen molar-refractivity contribution < 1.29 is 18.7 Å². The molecule has 0 fully saturated rings. The predicted molar refractivity (Wildman–Crippen MR) is 66.9 cm³/mol. The Morgan fingerprint density at radius 3 is 2.06 bits per heavy atom. The van der Waals surface area contributed by atoms with Gasteiger partial charge in [-0.25, -0.2) is 0 Å². The molecule has 0 aliphatic rings. The van der Waals surface area contributed by atoms with Crippen LogP contribution in [0.5, 0.6) is 0 Å². The van der Waals surface area contributed by atoms with Gasteiger partial charge in [0.1, 0.15) is 0 Å². The molecule has 1 aromatic rings. The van der Waals surface area contributed by atoms with Gasteiger partial charge in [0.05, 0.1) is 13.2 Å². The molecule has 0 radical (unpaired) electrons. The molecule has 0 spiro atoms. The lowest BCUT2D eigenvalue weighted by molar-refractivity contribution is 0.0802. The fourth-order valence-electron chi connectivity index (χ4n) is 1.54. The Balaban J connectivity index is 3.13. The largest absolute Gasteiger partial charge is 0.373 e. The molecular formula is C12H19O4P. The first-order chi connectivity index (χ1) is 7.98. The van der Waals surface area contributed by atoms with Crippen molar-refractivity contribution in [3.63, 3.8) is 0 Å². The van der Waals surface area contributed by atoms with Crippen molar-refractivity contribution in [2.45, 2.75) is 26.1 Å². The number of benzene rings is 1. The lowest BCUT2D eigenvalue weighted by atomic mass is 10.1. The third kappa shape index (κ3) is 2.96. The summed E-state index contributed by atoms with van der Waals surface area (Å²) >= 11 is 0. The van der Waals surface area contributed by atoms with Crippen LogP contribution in [0.2, 0.25) is 0 Å². The molecule has 0 bridgehead atoms. The number of rotatable bonds is 6. The molecule has 0 heterocycles. The average molecular weight is 258 g/mol. The van der Waals surface area contributed by atoms with Gasteiger partial charge >= 0.3 is 7.60 Å². The standard InChI is InChI=1S/C12H19O4P/c1-4-15-17(14,16-5-2)12(3,13)11-9-7-6-8-10-11/h6-10,13H,4-5H2,1-3H3/t12-/m1/s1. The van der Waals surface area contributed by atoms with E-state index in [4.69, 9.17) is 9.05 Å². The van der Waals surface area contributed by atoms with Gasteiger partial charge in [-0.05, 0) is 26.3 Å². The van der Waals surface area contributed by atoms with Crippen LogP contribution in [0.3, 0.4) is 0 Å². The second-order valence-corrected chi connectivity index (χ2v) is 6.10. The summed E-state index contributed by atoms with van der Waals surface area (Å²) in [5, 5.41) is 8.82. The molecule has 4 nitrogen and oxygen atoms in total. The number of hydrogen-bond donors (Lipinski definition) is 1. The van der Waals surface area contributed by atoms with Crippen LogP contribution in [-0.2, 0) is 19.0 Å². The summed E-state index contributed by atoms with van der Waals surface area (Å²) in [6.45, 7) is 5.33. The van der Waals surface area contributed by atoms with E-state index in [0.717, 1.165) is 0 Å². The van der Waals surface area contributed by atoms with E-state index in [2.05, 4.69) is 0 Å². The highest BCUT2D eigenvalue weighted by Crippen LogP contribution is 2.63. The predicted octanol–water partition coefficient (Wildman–Crippen LogP) is 3.12. The van der Waals surface area contributed by atoms with E-state index in [-0.39, 0.29) is 13.2 Å². The zero-order valence-corrected chi connectivity index (χ0v) is 11.3. The highest BCUT2D eigenvalue weighted by atomic mass is 31.2. The monoisotopic (exact) mass is 258 g/mol. The lowest BCUT2D eigenvalue weighted by Crippen LogP contribution is -2.24. The Morgan fingerprint density at radius 2 is 1.65 bits per heavy atom. The summed E-state index contributed by atoms with van der Waals surface area (Å²) < 4.78 is 22.9. The molecule has 0 aromatic heterocycles. The molecule has 1 N–H and O–H groups in total. The molecule has 1 rings (SSSR count). The van der Waals surface area contributed by atoms with E-state index in [1.54, 1.807) is 38.1 Å². The van der Waals surface area contributed by atoms with Gasteiger partial charge in [-0.2, -0.15) is 0 Å². The van der Waals surface area contributed by atoms with Crippen LogP contribution >= 0.6 is 7.60 Å². The van der Waals surface area contributed by atoms with Gasteiger partial charge in [-0.1, -0.05) is 30.3 Å². The van der Waals surface area contributed by atoms with Crippen LogP contribution in [0.15, 0.2) is 30.3 Å². The first kappa shape index (κ1) is 14.4. The Bertz CT molecular complexity index is 379. The molecule has 17 heavy (non-hydrogen) atoms. The van der Waals surface area contributed by atoms with E-state index in [0.29, 0.717) is 5.56 Å². The van der Waals surface area contributed by atoms with Crippen LogP contribution in [0, 0.1) is 0 Å². The summed E-state index contributed by atoms with van der Waals surface area (Å²) in [5.41, 5.74) is 0.519. The molecule has 0 saturated heterocycles. The van der Waals surface area contributed by atoms with Gasteiger partial charge in [0.2, 0.25) is 0 Å². The summed E-state index contributed by atoms with van der Waals surface area (Å²) in [5.74, 6) is 0. The minimum absolute atomic E-state index is 0.222. The molecule has 96 valence electrons. The zero-order chi connectivity index (χ0) is 12.9. The molecule has 1 aromatic carbocycles. The van der Waals surface area contributed by atoms with Crippen molar-refractivity contribution in [2.24, 2.45) is 0 Å². The van der Waals surface area contributed by atoms with Crippen LogP contribution < -0.4 is 0 Å². The van der Waals surface area contributed by atoms with E-state index in [1.165, 1.54) is 6.92 Å². The van der Waals surface area contributed by atoms with Crippen molar-refractivity contribution in [3.05, 3.63) is 35.9 Å². The topological polar surface area (TPSA) is 55.8 Å². The van der Waals surface area contributed by atoms with E-state index in [9.17, 15) is 9.67 Å². The summed E-state index contributed by atoms with van der Waals surface area (Å²) in [6.07, 6.45) is 0. The van der Waals surface area contributed by atoms with Crippen molar-refractivity contribution in [2.75, 3.05) is 13.2 Å². The van der Waals surface area contributed by atoms with Crippen molar-refractivity contribution in [1.82, 2.24) is 0 Å². The molecule has 0 aliphatic heterocycles. The Hall–Kier alpha value is -0.670. The Labute approximate surface area is 102 Å². The molecular weight excluding hydrogens is 239 g/mol. The maximum Gasteiger partial charge on any atom is 0.366 e. The van der Waals surface area contributed by atoms with Gasteiger partial charge < -0.3 is 14.2 Å². The second-order valence-electron chi connectivity index (χ2n) is 3.72. The van der Waals surface area contributed by atoms with E-state index < -0.39 is 12.9 Å². The molecule has 0 unspecified atom stereocenters. The quantitative estimate of drug-likeness (QED) is 0.796. The minimum atomic E-state index is -3.59.